The smallest absolute Gasteiger partial charge is 0.0653 e. The van der Waals surface area contributed by atoms with Crippen LogP contribution >= 0.6 is 35.8 Å². The fraction of sp³-hybridized carbons (Fsp3) is 0.800. The van der Waals surface area contributed by atoms with Crippen LogP contribution in [-0.4, -0.2) is 16.7 Å². The molecular weight excluding hydrogens is 177 g/mol. The van der Waals surface area contributed by atoms with Crippen molar-refractivity contribution in [1.82, 2.24) is 0 Å². The lowest BCUT2D eigenvalue weighted by atomic mass is 10.5. The van der Waals surface area contributed by atoms with Gasteiger partial charge in [0.05, 0.1) is 5.04 Å². The number of hydrogen-bond acceptors (Lipinski definition) is 2. The zero-order valence-corrected chi connectivity index (χ0v) is 7.70. The molecule has 0 rings (SSSR count). The van der Waals surface area contributed by atoms with E-state index in [1.807, 2.05) is 6.92 Å². The van der Waals surface area contributed by atoms with Gasteiger partial charge in [0, 0.05) is 12.3 Å². The van der Waals surface area contributed by atoms with E-state index < -0.39 is 0 Å². The van der Waals surface area contributed by atoms with Crippen LogP contribution in [0.25, 0.3) is 0 Å². The van der Waals surface area contributed by atoms with Gasteiger partial charge < -0.3 is 0 Å². The number of halogens is 2. The third-order valence-corrected chi connectivity index (χ3v) is 1.67. The van der Waals surface area contributed by atoms with Gasteiger partial charge in [-0.2, -0.15) is 0 Å². The predicted molar refractivity (Wildman–Crippen MR) is 48.4 cm³/mol. The highest BCUT2D eigenvalue weighted by atomic mass is 35.5. The van der Waals surface area contributed by atoms with Gasteiger partial charge >= 0.3 is 0 Å². The van der Waals surface area contributed by atoms with Gasteiger partial charge in [-0.25, -0.2) is 0 Å². The molecule has 0 spiro atoms. The highest BCUT2D eigenvalue weighted by Gasteiger charge is 1.91. The van der Waals surface area contributed by atoms with Crippen molar-refractivity contribution in [2.24, 2.45) is 0 Å². The zero-order valence-electron chi connectivity index (χ0n) is 5.32. The SMILES string of the molecule is CCSC(=N)CCCl.Cl. The zero-order chi connectivity index (χ0) is 6.41. The van der Waals surface area contributed by atoms with E-state index in [1.165, 1.54) is 0 Å². The molecule has 0 aromatic heterocycles. The Morgan fingerprint density at radius 3 is 2.56 bits per heavy atom. The average molecular weight is 188 g/mol. The molecule has 56 valence electrons. The molecule has 0 aliphatic carbocycles. The molecule has 9 heavy (non-hydrogen) atoms. The van der Waals surface area contributed by atoms with E-state index in [4.69, 9.17) is 17.0 Å². The number of rotatable bonds is 3. The minimum atomic E-state index is 0. The number of hydrogen-bond donors (Lipinski definition) is 1. The van der Waals surface area contributed by atoms with Crippen LogP contribution < -0.4 is 0 Å². The van der Waals surface area contributed by atoms with Crippen LogP contribution in [0.4, 0.5) is 0 Å². The van der Waals surface area contributed by atoms with E-state index >= 15 is 0 Å². The lowest BCUT2D eigenvalue weighted by molar-refractivity contribution is 1.29. The number of thioether (sulfide) groups is 1. The molecule has 0 bridgehead atoms. The van der Waals surface area contributed by atoms with Gasteiger partial charge in [-0.15, -0.1) is 35.8 Å². The third kappa shape index (κ3) is 8.60. The molecule has 0 aromatic rings. The Bertz CT molecular complexity index is 69.4. The molecule has 0 aromatic carbocycles. The summed E-state index contributed by atoms with van der Waals surface area (Å²) in [6, 6.07) is 0. The fourth-order valence-corrected chi connectivity index (χ4v) is 1.23. The van der Waals surface area contributed by atoms with Gasteiger partial charge in [0.1, 0.15) is 0 Å². The van der Waals surface area contributed by atoms with E-state index in [-0.39, 0.29) is 12.4 Å². The van der Waals surface area contributed by atoms with Crippen molar-refractivity contribution in [1.29, 1.82) is 5.41 Å². The molecule has 0 saturated carbocycles. The van der Waals surface area contributed by atoms with E-state index in [9.17, 15) is 0 Å². The summed E-state index contributed by atoms with van der Waals surface area (Å²) in [5, 5.41) is 7.86. The molecule has 0 aliphatic rings. The average Bonchev–Trinajstić information content (AvgIpc) is 1.68. The van der Waals surface area contributed by atoms with Crippen LogP contribution in [0, 0.1) is 5.41 Å². The van der Waals surface area contributed by atoms with E-state index in [2.05, 4.69) is 0 Å². The maximum atomic E-state index is 7.17. The second kappa shape index (κ2) is 8.60. The number of alkyl halides is 1. The maximum Gasteiger partial charge on any atom is 0.0653 e. The van der Waals surface area contributed by atoms with Crippen LogP contribution in [0.2, 0.25) is 0 Å². The minimum absolute atomic E-state index is 0. The van der Waals surface area contributed by atoms with Crippen molar-refractivity contribution in [3.63, 3.8) is 0 Å². The van der Waals surface area contributed by atoms with Crippen molar-refractivity contribution >= 4 is 40.8 Å². The summed E-state index contributed by atoms with van der Waals surface area (Å²) < 4.78 is 0. The molecule has 0 heterocycles. The second-order valence-electron chi connectivity index (χ2n) is 1.30. The first-order chi connectivity index (χ1) is 3.81. The molecule has 0 fully saturated rings. The largest absolute Gasteiger partial charge is 0.298 e. The third-order valence-electron chi connectivity index (χ3n) is 0.640. The summed E-state index contributed by atoms with van der Waals surface area (Å²) in [5.41, 5.74) is 0. The normalized spacial score (nSPS) is 8.22. The summed E-state index contributed by atoms with van der Waals surface area (Å²) in [4.78, 5) is 0. The summed E-state index contributed by atoms with van der Waals surface area (Å²) in [6.07, 6.45) is 0.722. The first-order valence-electron chi connectivity index (χ1n) is 2.57. The van der Waals surface area contributed by atoms with Crippen LogP contribution in [0.5, 0.6) is 0 Å². The Hall–Kier alpha value is 0.600. The number of nitrogens with one attached hydrogen (secondary N) is 1. The van der Waals surface area contributed by atoms with Crippen molar-refractivity contribution in [3.05, 3.63) is 0 Å². The molecule has 0 saturated heterocycles. The van der Waals surface area contributed by atoms with E-state index in [0.717, 1.165) is 12.2 Å². The standard InChI is InChI=1S/C5H10ClNS.ClH/c1-2-8-5(7)3-4-6;/h7H,2-4H2,1H3;1H. The molecule has 0 amide bonds. The Kier molecular flexibility index (Phi) is 11.7. The van der Waals surface area contributed by atoms with Crippen LogP contribution in [-0.2, 0) is 0 Å². The highest BCUT2D eigenvalue weighted by Crippen LogP contribution is 2.04. The van der Waals surface area contributed by atoms with Gasteiger partial charge in [0.15, 0.2) is 0 Å². The van der Waals surface area contributed by atoms with E-state index in [0.29, 0.717) is 10.9 Å². The summed E-state index contributed by atoms with van der Waals surface area (Å²) >= 11 is 6.93. The first kappa shape index (κ1) is 12.3. The van der Waals surface area contributed by atoms with Gasteiger partial charge in [-0.1, -0.05) is 6.92 Å². The Morgan fingerprint density at radius 1 is 1.67 bits per heavy atom. The van der Waals surface area contributed by atoms with Crippen LogP contribution in [0.3, 0.4) is 0 Å². The molecule has 1 N–H and O–H groups in total. The lowest BCUT2D eigenvalue weighted by Crippen LogP contribution is -1.90. The van der Waals surface area contributed by atoms with Gasteiger partial charge in [-0.05, 0) is 5.75 Å². The van der Waals surface area contributed by atoms with Crippen molar-refractivity contribution in [2.45, 2.75) is 13.3 Å². The molecule has 0 radical (unpaired) electrons. The molecule has 0 unspecified atom stereocenters. The quantitative estimate of drug-likeness (QED) is 0.411. The van der Waals surface area contributed by atoms with Gasteiger partial charge in [-0.3, -0.25) is 5.41 Å². The Morgan fingerprint density at radius 2 is 2.22 bits per heavy atom. The second-order valence-corrected chi connectivity index (χ2v) is 3.03. The summed E-state index contributed by atoms with van der Waals surface area (Å²) in [5.74, 6) is 1.56. The lowest BCUT2D eigenvalue weighted by Gasteiger charge is -1.94. The summed E-state index contributed by atoms with van der Waals surface area (Å²) in [7, 11) is 0. The molecule has 0 atom stereocenters. The minimum Gasteiger partial charge on any atom is -0.298 e. The first-order valence-corrected chi connectivity index (χ1v) is 4.09. The molecule has 0 aliphatic heterocycles. The van der Waals surface area contributed by atoms with E-state index in [1.54, 1.807) is 11.8 Å². The predicted octanol–water partition coefficient (Wildman–Crippen LogP) is 2.77. The monoisotopic (exact) mass is 187 g/mol. The fourth-order valence-electron chi connectivity index (χ4n) is 0.332. The van der Waals surface area contributed by atoms with Crippen molar-refractivity contribution in [2.75, 3.05) is 11.6 Å². The Balaban J connectivity index is 0. The molecular formula is C5H11Cl2NS. The van der Waals surface area contributed by atoms with Gasteiger partial charge in [0.2, 0.25) is 0 Å². The molecule has 4 heteroatoms. The van der Waals surface area contributed by atoms with Gasteiger partial charge in [0.25, 0.3) is 0 Å². The van der Waals surface area contributed by atoms with Crippen molar-refractivity contribution in [3.8, 4) is 0 Å². The van der Waals surface area contributed by atoms with Crippen LogP contribution in [0.15, 0.2) is 0 Å². The topological polar surface area (TPSA) is 23.9 Å². The molecule has 1 nitrogen and oxygen atoms in total. The highest BCUT2D eigenvalue weighted by molar-refractivity contribution is 8.13. The maximum absolute atomic E-state index is 7.17. The van der Waals surface area contributed by atoms with Crippen molar-refractivity contribution < 1.29 is 0 Å². The Labute approximate surface area is 71.5 Å². The summed E-state index contributed by atoms with van der Waals surface area (Å²) in [6.45, 7) is 2.04. The van der Waals surface area contributed by atoms with Crippen LogP contribution in [0.1, 0.15) is 13.3 Å².